The number of nitrogens with one attached hydrogen (secondary N) is 1. The number of hydrogen-bond acceptors (Lipinski definition) is 3. The van der Waals surface area contributed by atoms with Crippen LogP contribution in [-0.2, 0) is 6.54 Å². The van der Waals surface area contributed by atoms with Gasteiger partial charge < -0.3 is 14.8 Å². The SMILES string of the molecule is CCCCn1c(=O)c(C(=O)NCCN(CC)CC)cc2ccccc21.Cl. The van der Waals surface area contributed by atoms with Crippen molar-refractivity contribution in [3.8, 4) is 0 Å². The molecule has 5 nitrogen and oxygen atoms in total. The van der Waals surface area contributed by atoms with Crippen LogP contribution in [-0.4, -0.2) is 41.6 Å². The molecule has 0 saturated carbocycles. The highest BCUT2D eigenvalue weighted by Crippen LogP contribution is 2.14. The van der Waals surface area contributed by atoms with Crippen molar-refractivity contribution in [1.82, 2.24) is 14.8 Å². The van der Waals surface area contributed by atoms with Gasteiger partial charge in [0.1, 0.15) is 5.56 Å². The first-order valence-corrected chi connectivity index (χ1v) is 9.25. The maximum Gasteiger partial charge on any atom is 0.263 e. The second-order valence-corrected chi connectivity index (χ2v) is 6.21. The largest absolute Gasteiger partial charge is 0.351 e. The molecule has 0 fully saturated rings. The average molecular weight is 380 g/mol. The van der Waals surface area contributed by atoms with Crippen molar-refractivity contribution >= 4 is 29.2 Å². The van der Waals surface area contributed by atoms with Gasteiger partial charge in [0, 0.05) is 19.6 Å². The molecule has 0 aliphatic carbocycles. The summed E-state index contributed by atoms with van der Waals surface area (Å²) < 4.78 is 1.73. The fourth-order valence-corrected chi connectivity index (χ4v) is 2.99. The van der Waals surface area contributed by atoms with Gasteiger partial charge in [0.15, 0.2) is 0 Å². The Morgan fingerprint density at radius 1 is 1.15 bits per heavy atom. The minimum atomic E-state index is -0.284. The molecule has 0 unspecified atom stereocenters. The van der Waals surface area contributed by atoms with Crippen LogP contribution in [0.2, 0.25) is 0 Å². The van der Waals surface area contributed by atoms with Crippen LogP contribution in [0.15, 0.2) is 35.1 Å². The summed E-state index contributed by atoms with van der Waals surface area (Å²) >= 11 is 0. The Morgan fingerprint density at radius 3 is 2.50 bits per heavy atom. The number of unbranched alkanes of at least 4 members (excludes halogenated alkanes) is 1. The topological polar surface area (TPSA) is 54.3 Å². The van der Waals surface area contributed by atoms with Gasteiger partial charge in [-0.25, -0.2) is 0 Å². The van der Waals surface area contributed by atoms with E-state index in [-0.39, 0.29) is 29.4 Å². The van der Waals surface area contributed by atoms with E-state index < -0.39 is 0 Å². The summed E-state index contributed by atoms with van der Waals surface area (Å²) in [4.78, 5) is 27.6. The summed E-state index contributed by atoms with van der Waals surface area (Å²) in [7, 11) is 0. The molecule has 144 valence electrons. The zero-order valence-corrected chi connectivity index (χ0v) is 16.8. The molecule has 1 aromatic carbocycles. The van der Waals surface area contributed by atoms with E-state index in [0.29, 0.717) is 13.1 Å². The monoisotopic (exact) mass is 379 g/mol. The molecule has 0 bridgehead atoms. The van der Waals surface area contributed by atoms with Gasteiger partial charge in [-0.3, -0.25) is 9.59 Å². The Kier molecular flexibility index (Phi) is 9.38. The van der Waals surface area contributed by atoms with Gasteiger partial charge in [-0.15, -0.1) is 12.4 Å². The predicted molar refractivity (Wildman–Crippen MR) is 110 cm³/mol. The van der Waals surface area contributed by atoms with Gasteiger partial charge in [0.2, 0.25) is 0 Å². The number of benzene rings is 1. The fraction of sp³-hybridized carbons (Fsp3) is 0.500. The van der Waals surface area contributed by atoms with Crippen LogP contribution in [0.25, 0.3) is 10.9 Å². The molecule has 1 heterocycles. The van der Waals surface area contributed by atoms with E-state index in [0.717, 1.165) is 43.4 Å². The molecule has 0 atom stereocenters. The highest BCUT2D eigenvalue weighted by atomic mass is 35.5. The normalized spacial score (nSPS) is 10.8. The lowest BCUT2D eigenvalue weighted by Crippen LogP contribution is -2.38. The standard InChI is InChI=1S/C20H29N3O2.ClH/c1-4-7-13-23-18-11-9-8-10-16(18)15-17(20(23)25)19(24)21-12-14-22(5-2)6-3;/h8-11,15H,4-7,12-14H2,1-3H3,(H,21,24);1H. The van der Waals surface area contributed by atoms with E-state index in [2.05, 4.69) is 31.0 Å². The fourth-order valence-electron chi connectivity index (χ4n) is 2.99. The Bertz CT molecular complexity index is 769. The number of carbonyl (C=O) groups excluding carboxylic acids is 1. The predicted octanol–water partition coefficient (Wildman–Crippen LogP) is 3.30. The Morgan fingerprint density at radius 2 is 1.85 bits per heavy atom. The summed E-state index contributed by atoms with van der Waals surface area (Å²) in [6.45, 7) is 10.2. The van der Waals surface area contributed by atoms with Gasteiger partial charge in [-0.1, -0.05) is 45.4 Å². The zero-order valence-electron chi connectivity index (χ0n) is 16.0. The van der Waals surface area contributed by atoms with Crippen molar-refractivity contribution in [2.24, 2.45) is 0 Å². The number of aromatic nitrogens is 1. The second kappa shape index (κ2) is 11.0. The second-order valence-electron chi connectivity index (χ2n) is 6.21. The van der Waals surface area contributed by atoms with Crippen LogP contribution >= 0.6 is 12.4 Å². The molecule has 2 rings (SSSR count). The van der Waals surface area contributed by atoms with Crippen LogP contribution in [0.4, 0.5) is 0 Å². The maximum atomic E-state index is 12.8. The number of rotatable bonds is 9. The van der Waals surface area contributed by atoms with E-state index in [9.17, 15) is 9.59 Å². The van der Waals surface area contributed by atoms with Crippen LogP contribution in [0.3, 0.4) is 0 Å². The third-order valence-corrected chi connectivity index (χ3v) is 4.59. The molecular formula is C20H30ClN3O2. The van der Waals surface area contributed by atoms with Gasteiger partial charge in [0.25, 0.3) is 11.5 Å². The molecule has 26 heavy (non-hydrogen) atoms. The lowest BCUT2D eigenvalue weighted by Gasteiger charge is -2.18. The summed E-state index contributed by atoms with van der Waals surface area (Å²) in [5.74, 6) is -0.284. The number of para-hydroxylation sites is 1. The quantitative estimate of drug-likeness (QED) is 0.727. The van der Waals surface area contributed by atoms with Crippen molar-refractivity contribution < 1.29 is 4.79 Å². The molecule has 6 heteroatoms. The van der Waals surface area contributed by atoms with Crippen LogP contribution < -0.4 is 10.9 Å². The Hall–Kier alpha value is -1.85. The van der Waals surface area contributed by atoms with Crippen molar-refractivity contribution in [2.75, 3.05) is 26.2 Å². The third kappa shape index (κ3) is 5.32. The number of hydrogen-bond donors (Lipinski definition) is 1. The number of halogens is 1. The molecule has 0 aliphatic rings. The van der Waals surface area contributed by atoms with E-state index in [1.807, 2.05) is 24.3 Å². The molecule has 2 aromatic rings. The molecule has 1 N–H and O–H groups in total. The van der Waals surface area contributed by atoms with Crippen LogP contribution in [0.5, 0.6) is 0 Å². The number of pyridine rings is 1. The number of carbonyl (C=O) groups is 1. The summed E-state index contributed by atoms with van der Waals surface area (Å²) in [5.41, 5.74) is 0.919. The average Bonchev–Trinajstić information content (AvgIpc) is 2.64. The van der Waals surface area contributed by atoms with Crippen LogP contribution in [0, 0.1) is 0 Å². The molecule has 1 amide bonds. The van der Waals surface area contributed by atoms with Crippen molar-refractivity contribution in [3.63, 3.8) is 0 Å². The highest BCUT2D eigenvalue weighted by molar-refractivity contribution is 5.97. The van der Waals surface area contributed by atoms with Gasteiger partial charge in [-0.2, -0.15) is 0 Å². The van der Waals surface area contributed by atoms with Gasteiger partial charge >= 0.3 is 0 Å². The van der Waals surface area contributed by atoms with Gasteiger partial charge in [0.05, 0.1) is 5.52 Å². The van der Waals surface area contributed by atoms with E-state index in [1.165, 1.54) is 0 Å². The van der Waals surface area contributed by atoms with E-state index in [1.54, 1.807) is 10.6 Å². The number of likely N-dealkylation sites (N-methyl/N-ethyl adjacent to an activating group) is 1. The van der Waals surface area contributed by atoms with E-state index >= 15 is 0 Å². The molecule has 0 radical (unpaired) electrons. The summed E-state index contributed by atoms with van der Waals surface area (Å²) in [6.07, 6.45) is 1.91. The molecule has 0 saturated heterocycles. The molecular weight excluding hydrogens is 350 g/mol. The number of fused-ring (bicyclic) bond motifs is 1. The molecule has 0 aliphatic heterocycles. The van der Waals surface area contributed by atoms with E-state index in [4.69, 9.17) is 0 Å². The molecule has 0 spiro atoms. The number of nitrogens with zero attached hydrogens (tertiary/aromatic N) is 2. The highest BCUT2D eigenvalue weighted by Gasteiger charge is 2.15. The minimum absolute atomic E-state index is 0. The number of amides is 1. The summed E-state index contributed by atoms with van der Waals surface area (Å²) in [5, 5.41) is 3.82. The molecule has 1 aromatic heterocycles. The van der Waals surface area contributed by atoms with Crippen LogP contribution in [0.1, 0.15) is 44.0 Å². The Labute approximate surface area is 161 Å². The lowest BCUT2D eigenvalue weighted by atomic mass is 10.1. The zero-order chi connectivity index (χ0) is 18.2. The maximum absolute atomic E-state index is 12.8. The first-order valence-electron chi connectivity index (χ1n) is 9.25. The first kappa shape index (κ1) is 22.2. The van der Waals surface area contributed by atoms with Crippen molar-refractivity contribution in [2.45, 2.75) is 40.2 Å². The van der Waals surface area contributed by atoms with Crippen molar-refractivity contribution in [3.05, 3.63) is 46.2 Å². The lowest BCUT2D eigenvalue weighted by molar-refractivity contribution is 0.0947. The Balaban J connectivity index is 0.00000338. The minimum Gasteiger partial charge on any atom is -0.351 e. The summed E-state index contributed by atoms with van der Waals surface area (Å²) in [6, 6.07) is 9.46. The first-order chi connectivity index (χ1) is 12.1. The smallest absolute Gasteiger partial charge is 0.263 e. The number of aryl methyl sites for hydroxylation is 1. The van der Waals surface area contributed by atoms with Gasteiger partial charge in [-0.05, 0) is 37.0 Å². The third-order valence-electron chi connectivity index (χ3n) is 4.59. The van der Waals surface area contributed by atoms with Crippen molar-refractivity contribution in [1.29, 1.82) is 0 Å².